The van der Waals surface area contributed by atoms with Crippen LogP contribution >= 0.6 is 11.8 Å². The highest BCUT2D eigenvalue weighted by molar-refractivity contribution is 7.98. The van der Waals surface area contributed by atoms with Gasteiger partial charge in [-0.3, -0.25) is 9.36 Å². The summed E-state index contributed by atoms with van der Waals surface area (Å²) in [5.74, 6) is 1.33. The number of para-hydroxylation sites is 1. The Balaban J connectivity index is 1.73. The molecule has 0 spiro atoms. The van der Waals surface area contributed by atoms with E-state index >= 15 is 0 Å². The van der Waals surface area contributed by atoms with Crippen LogP contribution in [-0.2, 0) is 12.3 Å². The molecule has 0 bridgehead atoms. The summed E-state index contributed by atoms with van der Waals surface area (Å²) in [7, 11) is 0. The maximum absolute atomic E-state index is 13.4. The van der Waals surface area contributed by atoms with Crippen molar-refractivity contribution in [2.75, 3.05) is 0 Å². The Morgan fingerprint density at radius 3 is 2.63 bits per heavy atom. The zero-order valence-electron chi connectivity index (χ0n) is 17.1. The fraction of sp³-hybridized carbons (Fsp3) is 0.318. The van der Waals surface area contributed by atoms with E-state index in [1.807, 2.05) is 66.2 Å². The van der Waals surface area contributed by atoms with Crippen LogP contribution in [0.15, 0.2) is 64.5 Å². The summed E-state index contributed by atoms with van der Waals surface area (Å²) >= 11 is 1.49. The number of aromatic nitrogens is 6. The van der Waals surface area contributed by atoms with Gasteiger partial charge in [0.25, 0.3) is 5.56 Å². The second-order valence-corrected chi connectivity index (χ2v) is 8.08. The lowest BCUT2D eigenvalue weighted by Gasteiger charge is -2.20. The second-order valence-electron chi connectivity index (χ2n) is 7.13. The van der Waals surface area contributed by atoms with Crippen molar-refractivity contribution in [1.29, 1.82) is 0 Å². The Hall–Kier alpha value is -3.00. The molecule has 2 heterocycles. The Kier molecular flexibility index (Phi) is 6.23. The zero-order chi connectivity index (χ0) is 20.9. The van der Waals surface area contributed by atoms with Crippen molar-refractivity contribution in [3.05, 3.63) is 76.3 Å². The average molecular weight is 421 g/mol. The molecular weight excluding hydrogens is 396 g/mol. The maximum atomic E-state index is 13.4. The monoisotopic (exact) mass is 420 g/mol. The Bertz CT molecular complexity index is 1190. The number of rotatable bonds is 8. The number of fused-ring (bicyclic) bond motifs is 1. The van der Waals surface area contributed by atoms with Gasteiger partial charge in [0, 0.05) is 6.54 Å². The van der Waals surface area contributed by atoms with Gasteiger partial charge in [-0.25, -0.2) is 9.67 Å². The van der Waals surface area contributed by atoms with E-state index in [1.165, 1.54) is 11.8 Å². The number of hydrogen-bond donors (Lipinski definition) is 0. The van der Waals surface area contributed by atoms with E-state index in [-0.39, 0.29) is 11.6 Å². The van der Waals surface area contributed by atoms with Crippen molar-refractivity contribution in [3.8, 4) is 0 Å². The van der Waals surface area contributed by atoms with Crippen molar-refractivity contribution in [2.45, 2.75) is 50.2 Å². The molecule has 0 aliphatic carbocycles. The van der Waals surface area contributed by atoms with Gasteiger partial charge >= 0.3 is 0 Å². The van der Waals surface area contributed by atoms with Crippen LogP contribution in [0.4, 0.5) is 0 Å². The van der Waals surface area contributed by atoms with Gasteiger partial charge in [0.05, 0.1) is 22.7 Å². The van der Waals surface area contributed by atoms with E-state index in [0.29, 0.717) is 21.8 Å². The van der Waals surface area contributed by atoms with Crippen LogP contribution in [0, 0.1) is 0 Å². The van der Waals surface area contributed by atoms with E-state index in [2.05, 4.69) is 22.4 Å². The fourth-order valence-corrected chi connectivity index (χ4v) is 4.39. The minimum Gasteiger partial charge on any atom is -0.280 e. The lowest BCUT2D eigenvalue weighted by molar-refractivity contribution is 0.538. The Morgan fingerprint density at radius 1 is 1.07 bits per heavy atom. The molecule has 0 saturated carbocycles. The van der Waals surface area contributed by atoms with Gasteiger partial charge in [0.2, 0.25) is 0 Å². The molecule has 0 N–H and O–H groups in total. The van der Waals surface area contributed by atoms with Crippen molar-refractivity contribution in [1.82, 2.24) is 29.8 Å². The number of aryl methyl sites for hydroxylation is 1. The summed E-state index contributed by atoms with van der Waals surface area (Å²) in [5.41, 5.74) is 1.73. The average Bonchev–Trinajstić information content (AvgIpc) is 3.24. The summed E-state index contributed by atoms with van der Waals surface area (Å²) < 4.78 is 3.61. The topological polar surface area (TPSA) is 78.5 Å². The highest BCUT2D eigenvalue weighted by atomic mass is 32.2. The Labute approximate surface area is 179 Å². The number of hydrogen-bond acceptors (Lipinski definition) is 6. The van der Waals surface area contributed by atoms with E-state index in [0.717, 1.165) is 30.8 Å². The highest BCUT2D eigenvalue weighted by Crippen LogP contribution is 2.26. The van der Waals surface area contributed by atoms with Crippen LogP contribution in [0.3, 0.4) is 0 Å². The molecule has 154 valence electrons. The second kappa shape index (κ2) is 9.21. The first-order chi connectivity index (χ1) is 14.7. The molecule has 0 fully saturated rings. The van der Waals surface area contributed by atoms with Gasteiger partial charge in [-0.05, 0) is 41.5 Å². The number of thioether (sulfide) groups is 1. The van der Waals surface area contributed by atoms with Crippen molar-refractivity contribution in [3.63, 3.8) is 0 Å². The summed E-state index contributed by atoms with van der Waals surface area (Å²) in [6.45, 7) is 4.96. The number of tetrazole rings is 1. The maximum Gasteiger partial charge on any atom is 0.262 e. The first-order valence-corrected chi connectivity index (χ1v) is 11.1. The normalized spacial score (nSPS) is 12.3. The standard InChI is InChI=1S/C22H24N6OS/c1-3-4-14-27-20(24-25-26-27)15-30-22-23-19-13-9-8-12-18(19)21(29)28(22)16(2)17-10-6-5-7-11-17/h5-13,16H,3-4,14-15H2,1-2H3. The summed E-state index contributed by atoms with van der Waals surface area (Å²) in [4.78, 5) is 18.2. The SMILES string of the molecule is CCCCn1nnnc1CSc1nc2ccccc2c(=O)n1C(C)c1ccccc1. The summed E-state index contributed by atoms with van der Waals surface area (Å²) in [6, 6.07) is 17.4. The largest absolute Gasteiger partial charge is 0.280 e. The lowest BCUT2D eigenvalue weighted by atomic mass is 10.1. The van der Waals surface area contributed by atoms with E-state index < -0.39 is 0 Å². The van der Waals surface area contributed by atoms with Gasteiger partial charge in [0.1, 0.15) is 0 Å². The smallest absolute Gasteiger partial charge is 0.262 e. The summed E-state index contributed by atoms with van der Waals surface area (Å²) in [6.07, 6.45) is 2.10. The van der Waals surface area contributed by atoms with E-state index in [9.17, 15) is 4.79 Å². The molecule has 2 aromatic carbocycles. The van der Waals surface area contributed by atoms with Crippen molar-refractivity contribution < 1.29 is 0 Å². The van der Waals surface area contributed by atoms with Gasteiger partial charge in [-0.2, -0.15) is 0 Å². The van der Waals surface area contributed by atoms with Gasteiger partial charge in [-0.15, -0.1) is 5.10 Å². The molecule has 2 aromatic heterocycles. The molecule has 4 rings (SSSR count). The predicted octanol–water partition coefficient (Wildman–Crippen LogP) is 4.08. The third kappa shape index (κ3) is 4.14. The molecule has 0 aliphatic rings. The fourth-order valence-electron chi connectivity index (χ4n) is 3.39. The number of unbranched alkanes of at least 4 members (excludes halogenated alkanes) is 1. The van der Waals surface area contributed by atoms with Crippen molar-refractivity contribution >= 4 is 22.7 Å². The highest BCUT2D eigenvalue weighted by Gasteiger charge is 2.19. The molecular formula is C22H24N6OS. The van der Waals surface area contributed by atoms with Crippen LogP contribution in [0.25, 0.3) is 10.9 Å². The first-order valence-electron chi connectivity index (χ1n) is 10.1. The molecule has 0 aliphatic heterocycles. The predicted molar refractivity (Wildman–Crippen MR) is 119 cm³/mol. The lowest BCUT2D eigenvalue weighted by Crippen LogP contribution is -2.27. The molecule has 1 unspecified atom stereocenters. The van der Waals surface area contributed by atoms with Crippen LogP contribution in [0.1, 0.15) is 44.1 Å². The van der Waals surface area contributed by atoms with Crippen LogP contribution < -0.4 is 5.56 Å². The minimum absolute atomic E-state index is 0.0370. The van der Waals surface area contributed by atoms with E-state index in [1.54, 1.807) is 4.57 Å². The van der Waals surface area contributed by atoms with Crippen molar-refractivity contribution in [2.24, 2.45) is 0 Å². The van der Waals surface area contributed by atoms with Gasteiger partial charge in [0.15, 0.2) is 11.0 Å². The summed E-state index contributed by atoms with van der Waals surface area (Å²) in [5, 5.41) is 13.4. The third-order valence-electron chi connectivity index (χ3n) is 5.10. The van der Waals surface area contributed by atoms with Gasteiger partial charge < -0.3 is 0 Å². The zero-order valence-corrected chi connectivity index (χ0v) is 17.9. The molecule has 0 radical (unpaired) electrons. The quantitative estimate of drug-likeness (QED) is 0.316. The Morgan fingerprint density at radius 2 is 1.83 bits per heavy atom. The molecule has 8 heteroatoms. The molecule has 7 nitrogen and oxygen atoms in total. The third-order valence-corrected chi connectivity index (χ3v) is 6.05. The molecule has 30 heavy (non-hydrogen) atoms. The molecule has 1 atom stereocenters. The van der Waals surface area contributed by atoms with Gasteiger partial charge in [-0.1, -0.05) is 67.6 Å². The number of benzene rings is 2. The van der Waals surface area contributed by atoms with Crippen LogP contribution in [0.2, 0.25) is 0 Å². The van der Waals surface area contributed by atoms with Crippen LogP contribution in [-0.4, -0.2) is 29.8 Å². The van der Waals surface area contributed by atoms with Crippen LogP contribution in [0.5, 0.6) is 0 Å². The molecule has 4 aromatic rings. The molecule has 0 saturated heterocycles. The number of nitrogens with zero attached hydrogens (tertiary/aromatic N) is 6. The van der Waals surface area contributed by atoms with E-state index in [4.69, 9.17) is 4.98 Å². The first kappa shape index (κ1) is 20.3. The molecule has 0 amide bonds. The minimum atomic E-state index is -0.144.